The summed E-state index contributed by atoms with van der Waals surface area (Å²) in [6.07, 6.45) is 5.60. The second-order valence-corrected chi connectivity index (χ2v) is 10.5. The molecule has 0 aromatic rings. The average molecular weight is 454 g/mol. The molecule has 32 heavy (non-hydrogen) atoms. The molecular formula is C23H39N3O6. The first-order valence-corrected chi connectivity index (χ1v) is 12.0. The highest BCUT2D eigenvalue weighted by Gasteiger charge is 2.50. The molecular weight excluding hydrogens is 414 g/mol. The van der Waals surface area contributed by atoms with Crippen LogP contribution in [0.5, 0.6) is 0 Å². The van der Waals surface area contributed by atoms with Crippen molar-refractivity contribution in [2.45, 2.75) is 102 Å². The standard InChI is InChI=1S/C23H39N3O6/c1-23(2,3)32-22(31)26-11-7-10-18(26)21(30)25-17(13-27)19(28)15-12-16(15)20(29)24-14-8-5-4-6-9-14/h14-19,27-28H,4-13H2,1-3H3,(H,24,29)(H,25,30)/t15-,16+,17+,18+,19-/m1/s1. The third kappa shape index (κ3) is 6.34. The Bertz CT molecular complexity index is 688. The monoisotopic (exact) mass is 453 g/mol. The smallest absolute Gasteiger partial charge is 0.410 e. The summed E-state index contributed by atoms with van der Waals surface area (Å²) >= 11 is 0. The molecule has 182 valence electrons. The molecule has 5 atom stereocenters. The van der Waals surface area contributed by atoms with Crippen LogP contribution in [-0.4, -0.2) is 76.0 Å². The number of aliphatic hydroxyl groups is 2. The van der Waals surface area contributed by atoms with Gasteiger partial charge in [-0.05, 0) is 58.8 Å². The molecule has 1 heterocycles. The van der Waals surface area contributed by atoms with E-state index in [4.69, 9.17) is 4.74 Å². The molecule has 3 fully saturated rings. The molecule has 0 unspecified atom stereocenters. The molecule has 9 heteroatoms. The summed E-state index contributed by atoms with van der Waals surface area (Å²) in [6, 6.07) is -1.37. The van der Waals surface area contributed by atoms with Crippen molar-refractivity contribution in [2.24, 2.45) is 11.8 Å². The van der Waals surface area contributed by atoms with Crippen molar-refractivity contribution in [3.8, 4) is 0 Å². The van der Waals surface area contributed by atoms with E-state index in [9.17, 15) is 24.6 Å². The summed E-state index contributed by atoms with van der Waals surface area (Å²) < 4.78 is 5.40. The number of carbonyl (C=O) groups excluding carboxylic acids is 3. The minimum absolute atomic E-state index is 0.0455. The molecule has 2 saturated carbocycles. The molecule has 0 radical (unpaired) electrons. The van der Waals surface area contributed by atoms with E-state index in [0.717, 1.165) is 25.7 Å². The van der Waals surface area contributed by atoms with Gasteiger partial charge < -0.3 is 25.6 Å². The quantitative estimate of drug-likeness (QED) is 0.460. The van der Waals surface area contributed by atoms with Gasteiger partial charge in [-0.3, -0.25) is 14.5 Å². The molecule has 0 spiro atoms. The van der Waals surface area contributed by atoms with Crippen LogP contribution in [0.15, 0.2) is 0 Å². The zero-order valence-corrected chi connectivity index (χ0v) is 19.5. The van der Waals surface area contributed by atoms with Crippen molar-refractivity contribution >= 4 is 17.9 Å². The van der Waals surface area contributed by atoms with Crippen LogP contribution in [0.25, 0.3) is 0 Å². The Morgan fingerprint density at radius 1 is 1.06 bits per heavy atom. The maximum Gasteiger partial charge on any atom is 0.410 e. The Morgan fingerprint density at radius 3 is 2.38 bits per heavy atom. The van der Waals surface area contributed by atoms with E-state index in [1.165, 1.54) is 11.3 Å². The Hall–Kier alpha value is -1.87. The molecule has 0 aromatic carbocycles. The number of nitrogens with one attached hydrogen (secondary N) is 2. The molecule has 2 aliphatic carbocycles. The minimum Gasteiger partial charge on any atom is -0.444 e. The summed E-state index contributed by atoms with van der Waals surface area (Å²) in [5, 5.41) is 26.3. The second-order valence-electron chi connectivity index (χ2n) is 10.5. The summed E-state index contributed by atoms with van der Waals surface area (Å²) in [5.41, 5.74) is -0.663. The number of rotatable bonds is 7. The minimum atomic E-state index is -1.03. The van der Waals surface area contributed by atoms with E-state index in [1.807, 2.05) is 0 Å². The maximum atomic E-state index is 12.9. The van der Waals surface area contributed by atoms with Crippen molar-refractivity contribution in [2.75, 3.05) is 13.2 Å². The second kappa shape index (κ2) is 10.4. The van der Waals surface area contributed by atoms with Gasteiger partial charge in [0.2, 0.25) is 11.8 Å². The SMILES string of the molecule is CC(C)(C)OC(=O)N1CCC[C@H]1C(=O)N[C@@H](CO)[C@H](O)[C@@H]1C[C@@H]1C(=O)NC1CCCCC1. The number of amides is 3. The third-order valence-electron chi connectivity index (χ3n) is 6.69. The molecule has 4 N–H and O–H groups in total. The van der Waals surface area contributed by atoms with Crippen molar-refractivity contribution in [1.29, 1.82) is 0 Å². The highest BCUT2D eigenvalue weighted by Crippen LogP contribution is 2.42. The van der Waals surface area contributed by atoms with E-state index < -0.39 is 42.4 Å². The molecule has 0 aromatic heterocycles. The molecule has 3 rings (SSSR count). The van der Waals surface area contributed by atoms with Crippen LogP contribution < -0.4 is 10.6 Å². The van der Waals surface area contributed by atoms with Gasteiger partial charge in [-0.25, -0.2) is 4.79 Å². The van der Waals surface area contributed by atoms with Gasteiger partial charge in [0.1, 0.15) is 11.6 Å². The van der Waals surface area contributed by atoms with Crippen LogP contribution in [-0.2, 0) is 14.3 Å². The molecule has 1 aliphatic heterocycles. The number of carbonyl (C=O) groups is 3. The lowest BCUT2D eigenvalue weighted by atomic mass is 9.95. The summed E-state index contributed by atoms with van der Waals surface area (Å²) in [6.45, 7) is 5.28. The first kappa shape index (κ1) is 24.8. The van der Waals surface area contributed by atoms with Crippen LogP contribution in [0.3, 0.4) is 0 Å². The van der Waals surface area contributed by atoms with E-state index in [1.54, 1.807) is 20.8 Å². The highest BCUT2D eigenvalue weighted by atomic mass is 16.6. The van der Waals surface area contributed by atoms with E-state index >= 15 is 0 Å². The van der Waals surface area contributed by atoms with Gasteiger partial charge in [-0.2, -0.15) is 0 Å². The van der Waals surface area contributed by atoms with Crippen LogP contribution in [0, 0.1) is 11.8 Å². The Kier molecular flexibility index (Phi) is 8.03. The van der Waals surface area contributed by atoms with Crippen LogP contribution in [0.4, 0.5) is 4.79 Å². The Morgan fingerprint density at radius 2 is 1.75 bits per heavy atom. The van der Waals surface area contributed by atoms with Gasteiger partial charge in [0.25, 0.3) is 0 Å². The number of nitrogens with zero attached hydrogens (tertiary/aromatic N) is 1. The molecule has 1 saturated heterocycles. The van der Waals surface area contributed by atoms with Gasteiger partial charge in [-0.15, -0.1) is 0 Å². The van der Waals surface area contributed by atoms with Crippen molar-refractivity contribution in [1.82, 2.24) is 15.5 Å². The summed E-state index contributed by atoms with van der Waals surface area (Å²) in [4.78, 5) is 39.2. The van der Waals surface area contributed by atoms with Gasteiger partial charge in [0.15, 0.2) is 0 Å². The van der Waals surface area contributed by atoms with Gasteiger partial charge >= 0.3 is 6.09 Å². The number of aliphatic hydroxyl groups excluding tert-OH is 2. The zero-order chi connectivity index (χ0) is 23.5. The average Bonchev–Trinajstić information content (AvgIpc) is 3.38. The normalized spacial score (nSPS) is 28.0. The predicted octanol–water partition coefficient (Wildman–Crippen LogP) is 1.31. The number of hydrogen-bond donors (Lipinski definition) is 4. The number of likely N-dealkylation sites (tertiary alicyclic amines) is 1. The van der Waals surface area contributed by atoms with E-state index in [2.05, 4.69) is 10.6 Å². The lowest BCUT2D eigenvalue weighted by Crippen LogP contribution is -2.54. The fourth-order valence-corrected chi connectivity index (χ4v) is 4.84. The van der Waals surface area contributed by atoms with E-state index in [-0.39, 0.29) is 23.8 Å². The lowest BCUT2D eigenvalue weighted by molar-refractivity contribution is -0.127. The highest BCUT2D eigenvalue weighted by molar-refractivity contribution is 5.86. The zero-order valence-electron chi connectivity index (χ0n) is 19.5. The first-order chi connectivity index (χ1) is 15.1. The van der Waals surface area contributed by atoms with E-state index in [0.29, 0.717) is 25.8 Å². The van der Waals surface area contributed by atoms with Crippen molar-refractivity contribution < 1.29 is 29.3 Å². The van der Waals surface area contributed by atoms with Crippen LogP contribution in [0.2, 0.25) is 0 Å². The fraction of sp³-hybridized carbons (Fsp3) is 0.870. The Labute approximate surface area is 190 Å². The largest absolute Gasteiger partial charge is 0.444 e. The van der Waals surface area contributed by atoms with Crippen molar-refractivity contribution in [3.05, 3.63) is 0 Å². The first-order valence-electron chi connectivity index (χ1n) is 12.0. The third-order valence-corrected chi connectivity index (χ3v) is 6.69. The van der Waals surface area contributed by atoms with Crippen molar-refractivity contribution in [3.63, 3.8) is 0 Å². The fourth-order valence-electron chi connectivity index (χ4n) is 4.84. The molecule has 0 bridgehead atoms. The number of ether oxygens (including phenoxy) is 1. The van der Waals surface area contributed by atoms with Gasteiger partial charge in [0.05, 0.1) is 18.8 Å². The van der Waals surface area contributed by atoms with Gasteiger partial charge in [-0.1, -0.05) is 19.3 Å². The Balaban J connectivity index is 1.51. The topological polar surface area (TPSA) is 128 Å². The molecule has 3 aliphatic rings. The summed E-state index contributed by atoms with van der Waals surface area (Å²) in [5.74, 6) is -1.05. The predicted molar refractivity (Wildman–Crippen MR) is 118 cm³/mol. The number of hydrogen-bond acceptors (Lipinski definition) is 6. The summed E-state index contributed by atoms with van der Waals surface area (Å²) in [7, 11) is 0. The lowest BCUT2D eigenvalue weighted by Gasteiger charge is -2.30. The molecule has 3 amide bonds. The maximum absolute atomic E-state index is 12.9. The molecule has 9 nitrogen and oxygen atoms in total. The van der Waals surface area contributed by atoms with Crippen LogP contribution in [0.1, 0.15) is 72.1 Å². The van der Waals surface area contributed by atoms with Gasteiger partial charge in [0, 0.05) is 18.5 Å². The van der Waals surface area contributed by atoms with Crippen LogP contribution >= 0.6 is 0 Å².